The predicted octanol–water partition coefficient (Wildman–Crippen LogP) is 4.37. The molecular weight excluding hydrogens is 424 g/mol. The van der Waals surface area contributed by atoms with Crippen molar-refractivity contribution in [1.29, 1.82) is 0 Å². The second-order valence-corrected chi connectivity index (χ2v) is 9.91. The van der Waals surface area contributed by atoms with Crippen molar-refractivity contribution in [3.63, 3.8) is 0 Å². The topological polar surface area (TPSA) is 52.5 Å². The van der Waals surface area contributed by atoms with Crippen LogP contribution in [0.5, 0.6) is 0 Å². The standard InChI is InChI=1S/C21H25ClN4OS2/c1-14-15(2)29-21-19(14)20(26-9-7-25(8-10-26)11-12-27)23-18(24-21)13-28-17-5-3-16(22)4-6-17/h3-6,27H,7-13H2,1-2H3. The first kappa shape index (κ1) is 20.9. The molecule has 1 N–H and O–H groups in total. The highest BCUT2D eigenvalue weighted by Gasteiger charge is 2.23. The number of fused-ring (bicyclic) bond motifs is 1. The molecular formula is C21H25ClN4OS2. The summed E-state index contributed by atoms with van der Waals surface area (Å²) in [6, 6.07) is 7.90. The number of thioether (sulfide) groups is 1. The minimum absolute atomic E-state index is 0.215. The number of thiophene rings is 1. The number of rotatable bonds is 6. The SMILES string of the molecule is Cc1sc2nc(CSc3ccc(Cl)cc3)nc(N3CCN(CCO)CC3)c2c1C. The van der Waals surface area contributed by atoms with Crippen LogP contribution in [0.25, 0.3) is 10.2 Å². The normalized spacial score (nSPS) is 15.4. The Morgan fingerprint density at radius 2 is 1.83 bits per heavy atom. The van der Waals surface area contributed by atoms with E-state index in [2.05, 4.69) is 23.6 Å². The molecule has 154 valence electrons. The average molecular weight is 449 g/mol. The fraction of sp³-hybridized carbons (Fsp3) is 0.429. The van der Waals surface area contributed by atoms with Gasteiger partial charge in [0, 0.05) is 47.5 Å². The van der Waals surface area contributed by atoms with E-state index in [0.29, 0.717) is 0 Å². The van der Waals surface area contributed by atoms with Gasteiger partial charge in [-0.15, -0.1) is 23.1 Å². The maximum atomic E-state index is 9.20. The van der Waals surface area contributed by atoms with Crippen molar-refractivity contribution in [2.24, 2.45) is 0 Å². The number of piperazine rings is 1. The first-order chi connectivity index (χ1) is 14.0. The molecule has 3 heterocycles. The third-order valence-corrected chi connectivity index (χ3v) is 7.69. The zero-order chi connectivity index (χ0) is 20.4. The summed E-state index contributed by atoms with van der Waals surface area (Å²) in [5.41, 5.74) is 1.29. The maximum absolute atomic E-state index is 9.20. The van der Waals surface area contributed by atoms with Gasteiger partial charge in [0.25, 0.3) is 0 Å². The number of aliphatic hydroxyl groups excluding tert-OH is 1. The van der Waals surface area contributed by atoms with E-state index < -0.39 is 0 Å². The van der Waals surface area contributed by atoms with Crippen molar-refractivity contribution in [1.82, 2.24) is 14.9 Å². The zero-order valence-corrected chi connectivity index (χ0v) is 19.1. The number of halogens is 1. The molecule has 0 aliphatic carbocycles. The molecule has 8 heteroatoms. The number of aromatic nitrogens is 2. The predicted molar refractivity (Wildman–Crippen MR) is 124 cm³/mol. The largest absolute Gasteiger partial charge is 0.395 e. The van der Waals surface area contributed by atoms with Crippen LogP contribution in [0.1, 0.15) is 16.3 Å². The Labute approximate surface area is 184 Å². The molecule has 1 aliphatic heterocycles. The van der Waals surface area contributed by atoms with E-state index in [9.17, 15) is 5.11 Å². The van der Waals surface area contributed by atoms with Crippen molar-refractivity contribution < 1.29 is 5.11 Å². The third-order valence-electron chi connectivity index (χ3n) is 5.33. The van der Waals surface area contributed by atoms with E-state index in [0.717, 1.165) is 64.9 Å². The Hall–Kier alpha value is -1.38. The number of aliphatic hydroxyl groups is 1. The van der Waals surface area contributed by atoms with Crippen molar-refractivity contribution in [2.45, 2.75) is 24.5 Å². The molecule has 2 aromatic heterocycles. The fourth-order valence-electron chi connectivity index (χ4n) is 3.57. The smallest absolute Gasteiger partial charge is 0.142 e. The quantitative estimate of drug-likeness (QED) is 0.565. The summed E-state index contributed by atoms with van der Waals surface area (Å²) in [7, 11) is 0. The van der Waals surface area contributed by atoms with Gasteiger partial charge in [-0.2, -0.15) is 0 Å². The summed E-state index contributed by atoms with van der Waals surface area (Å²) in [5.74, 6) is 2.66. The molecule has 5 nitrogen and oxygen atoms in total. The van der Waals surface area contributed by atoms with Gasteiger partial charge in [-0.25, -0.2) is 9.97 Å². The minimum atomic E-state index is 0.215. The molecule has 0 atom stereocenters. The van der Waals surface area contributed by atoms with Gasteiger partial charge in [0.15, 0.2) is 0 Å². The van der Waals surface area contributed by atoms with Crippen LogP contribution in [0.2, 0.25) is 5.02 Å². The summed E-state index contributed by atoms with van der Waals surface area (Å²) < 4.78 is 0. The summed E-state index contributed by atoms with van der Waals surface area (Å²) in [4.78, 5) is 18.1. The zero-order valence-electron chi connectivity index (χ0n) is 16.7. The van der Waals surface area contributed by atoms with Gasteiger partial charge in [0.1, 0.15) is 16.5 Å². The molecule has 4 rings (SSSR count). The molecule has 1 aliphatic rings. The number of β-amino-alcohol motifs (C(OH)–C–C–N with tert-alkyl or cyclic N) is 1. The van der Waals surface area contributed by atoms with Crippen LogP contribution in [0, 0.1) is 13.8 Å². The molecule has 0 bridgehead atoms. The number of nitrogens with zero attached hydrogens (tertiary/aromatic N) is 4. The first-order valence-electron chi connectivity index (χ1n) is 9.78. The lowest BCUT2D eigenvalue weighted by molar-refractivity contribution is 0.188. The molecule has 0 spiro atoms. The molecule has 1 fully saturated rings. The molecule has 0 saturated carbocycles. The molecule has 0 radical (unpaired) electrons. The van der Waals surface area contributed by atoms with Gasteiger partial charge < -0.3 is 10.0 Å². The van der Waals surface area contributed by atoms with E-state index in [1.165, 1.54) is 15.8 Å². The highest BCUT2D eigenvalue weighted by molar-refractivity contribution is 7.98. The third kappa shape index (κ3) is 4.70. The molecule has 29 heavy (non-hydrogen) atoms. The lowest BCUT2D eigenvalue weighted by atomic mass is 10.2. The van der Waals surface area contributed by atoms with E-state index in [1.807, 2.05) is 24.3 Å². The van der Waals surface area contributed by atoms with E-state index in [-0.39, 0.29) is 6.61 Å². The van der Waals surface area contributed by atoms with E-state index >= 15 is 0 Å². The Morgan fingerprint density at radius 3 is 2.52 bits per heavy atom. The van der Waals surface area contributed by atoms with Crippen molar-refractivity contribution >= 4 is 50.7 Å². The van der Waals surface area contributed by atoms with Crippen LogP contribution in [-0.4, -0.2) is 59.3 Å². The second kappa shape index (κ2) is 9.18. The van der Waals surface area contributed by atoms with Gasteiger partial charge >= 0.3 is 0 Å². The minimum Gasteiger partial charge on any atom is -0.395 e. The Bertz CT molecular complexity index is 985. The monoisotopic (exact) mass is 448 g/mol. The summed E-state index contributed by atoms with van der Waals surface area (Å²) in [6.07, 6.45) is 0. The van der Waals surface area contributed by atoms with E-state index in [4.69, 9.17) is 21.6 Å². The first-order valence-corrected chi connectivity index (χ1v) is 12.0. The maximum Gasteiger partial charge on any atom is 0.142 e. The van der Waals surface area contributed by atoms with Gasteiger partial charge in [0.05, 0.1) is 17.7 Å². The Morgan fingerprint density at radius 1 is 1.10 bits per heavy atom. The van der Waals surface area contributed by atoms with Crippen LogP contribution in [-0.2, 0) is 5.75 Å². The molecule has 1 saturated heterocycles. The highest BCUT2D eigenvalue weighted by Crippen LogP contribution is 2.36. The van der Waals surface area contributed by atoms with Crippen LogP contribution < -0.4 is 4.90 Å². The number of aryl methyl sites for hydroxylation is 2. The summed E-state index contributed by atoms with van der Waals surface area (Å²) in [5, 5.41) is 11.1. The number of benzene rings is 1. The fourth-order valence-corrected chi connectivity index (χ4v) is 5.49. The van der Waals surface area contributed by atoms with Gasteiger partial charge in [-0.05, 0) is 43.7 Å². The second-order valence-electron chi connectivity index (χ2n) is 7.22. The molecule has 0 amide bonds. The van der Waals surface area contributed by atoms with Gasteiger partial charge in [-0.1, -0.05) is 11.6 Å². The summed E-state index contributed by atoms with van der Waals surface area (Å²) >= 11 is 9.48. The van der Waals surface area contributed by atoms with Gasteiger partial charge in [0.2, 0.25) is 0 Å². The molecule has 1 aromatic carbocycles. The number of hydrogen-bond acceptors (Lipinski definition) is 7. The van der Waals surface area contributed by atoms with Crippen molar-refractivity contribution in [3.8, 4) is 0 Å². The lowest BCUT2D eigenvalue weighted by Gasteiger charge is -2.35. The summed E-state index contributed by atoms with van der Waals surface area (Å²) in [6.45, 7) is 9.03. The van der Waals surface area contributed by atoms with Crippen molar-refractivity contribution in [2.75, 3.05) is 44.2 Å². The molecule has 3 aromatic rings. The number of hydrogen-bond donors (Lipinski definition) is 1. The Kier molecular flexibility index (Phi) is 6.61. The van der Waals surface area contributed by atoms with E-state index in [1.54, 1.807) is 23.1 Å². The van der Waals surface area contributed by atoms with Crippen molar-refractivity contribution in [3.05, 3.63) is 45.6 Å². The highest BCUT2D eigenvalue weighted by atomic mass is 35.5. The van der Waals surface area contributed by atoms with Crippen LogP contribution >= 0.6 is 34.7 Å². The van der Waals surface area contributed by atoms with Crippen LogP contribution in [0.3, 0.4) is 0 Å². The van der Waals surface area contributed by atoms with Crippen LogP contribution in [0.4, 0.5) is 5.82 Å². The molecule has 0 unspecified atom stereocenters. The van der Waals surface area contributed by atoms with Gasteiger partial charge in [-0.3, -0.25) is 4.90 Å². The Balaban J connectivity index is 1.60. The average Bonchev–Trinajstić information content (AvgIpc) is 3.01. The lowest BCUT2D eigenvalue weighted by Crippen LogP contribution is -2.47. The van der Waals surface area contributed by atoms with Crippen LogP contribution in [0.15, 0.2) is 29.2 Å². The number of anilines is 1.